The van der Waals surface area contributed by atoms with Crippen LogP contribution >= 0.6 is 0 Å². The maximum Gasteiger partial charge on any atom is 0.407 e. The van der Waals surface area contributed by atoms with E-state index in [0.29, 0.717) is 0 Å². The number of hydrogen-bond acceptors (Lipinski definition) is 4. The molecule has 0 spiro atoms. The number of carbonyl (C=O) groups is 2. The van der Waals surface area contributed by atoms with Gasteiger partial charge in [0.1, 0.15) is 6.04 Å². The largest absolute Gasteiger partial charge is 0.465 e. The summed E-state index contributed by atoms with van der Waals surface area (Å²) in [6.07, 6.45) is -1.26. The van der Waals surface area contributed by atoms with Crippen LogP contribution in [-0.4, -0.2) is 40.4 Å². The molecule has 0 bridgehead atoms. The van der Waals surface area contributed by atoms with Crippen molar-refractivity contribution in [2.75, 3.05) is 7.05 Å². The second kappa shape index (κ2) is 3.77. The van der Waals surface area contributed by atoms with Crippen LogP contribution in [0.3, 0.4) is 0 Å². The summed E-state index contributed by atoms with van der Waals surface area (Å²) in [4.78, 5) is 24.7. The van der Waals surface area contributed by atoms with Crippen molar-refractivity contribution < 1.29 is 24.8 Å². The molecule has 0 aliphatic carbocycles. The predicted octanol–water partition coefficient (Wildman–Crippen LogP) is 0.000900. The van der Waals surface area contributed by atoms with E-state index in [4.69, 9.17) is 10.4 Å². The molecule has 0 aliphatic rings. The highest BCUT2D eigenvalue weighted by molar-refractivity contribution is 5.79. The quantitative estimate of drug-likeness (QED) is 0.442. The average molecular weight is 163 g/mol. The van der Waals surface area contributed by atoms with E-state index < -0.39 is 18.1 Å². The van der Waals surface area contributed by atoms with Crippen LogP contribution in [0.25, 0.3) is 0 Å². The topological polar surface area (TPSA) is 87.1 Å². The van der Waals surface area contributed by atoms with Gasteiger partial charge < -0.3 is 5.11 Å². The third-order valence-corrected chi connectivity index (χ3v) is 1.31. The molecule has 64 valence electrons. The van der Waals surface area contributed by atoms with Gasteiger partial charge in [-0.1, -0.05) is 0 Å². The first-order valence-corrected chi connectivity index (χ1v) is 2.81. The van der Waals surface area contributed by atoms with Gasteiger partial charge in [0.05, 0.1) is 0 Å². The normalized spacial score (nSPS) is 11.9. The van der Waals surface area contributed by atoms with Gasteiger partial charge in [-0.2, -0.15) is 5.26 Å². The van der Waals surface area contributed by atoms with Gasteiger partial charge >= 0.3 is 12.1 Å². The minimum Gasteiger partial charge on any atom is -0.465 e. The van der Waals surface area contributed by atoms with Crippen LogP contribution in [-0.2, 0) is 9.68 Å². The molecule has 0 saturated heterocycles. The van der Waals surface area contributed by atoms with Crippen molar-refractivity contribution in [1.29, 1.82) is 0 Å². The summed E-state index contributed by atoms with van der Waals surface area (Å²) < 4.78 is 0. The summed E-state index contributed by atoms with van der Waals surface area (Å²) in [6.45, 7) is 1.30. The molecule has 0 aromatic carbocycles. The fourth-order valence-electron chi connectivity index (χ4n) is 0.400. The van der Waals surface area contributed by atoms with Crippen LogP contribution in [0.1, 0.15) is 6.92 Å². The van der Waals surface area contributed by atoms with Crippen molar-refractivity contribution >= 4 is 12.1 Å². The number of hydrogen-bond donors (Lipinski definition) is 2. The van der Waals surface area contributed by atoms with E-state index in [-0.39, 0.29) is 0 Å². The van der Waals surface area contributed by atoms with Gasteiger partial charge in [0.15, 0.2) is 0 Å². The number of rotatable bonds is 2. The Balaban J connectivity index is 4.12. The van der Waals surface area contributed by atoms with Crippen LogP contribution < -0.4 is 0 Å². The standard InChI is InChI=1S/C5H9NO5/c1-3(4(7)11-10)6(2)5(8)9/h3,10H,1-2H3,(H,8,9)/t3-/m0/s1. The molecular formula is C5H9NO5. The molecule has 11 heavy (non-hydrogen) atoms. The Morgan fingerprint density at radius 2 is 2.00 bits per heavy atom. The molecule has 1 amide bonds. The van der Waals surface area contributed by atoms with E-state index in [9.17, 15) is 9.59 Å². The summed E-state index contributed by atoms with van der Waals surface area (Å²) in [5, 5.41) is 16.2. The Morgan fingerprint density at radius 3 is 2.27 bits per heavy atom. The first-order valence-electron chi connectivity index (χ1n) is 2.81. The van der Waals surface area contributed by atoms with E-state index in [2.05, 4.69) is 4.89 Å². The molecule has 6 heteroatoms. The monoisotopic (exact) mass is 163 g/mol. The summed E-state index contributed by atoms with van der Waals surface area (Å²) in [5.74, 6) is -1.00. The van der Waals surface area contributed by atoms with Crippen LogP contribution in [0, 0.1) is 0 Å². The van der Waals surface area contributed by atoms with Crippen molar-refractivity contribution in [2.45, 2.75) is 13.0 Å². The lowest BCUT2D eigenvalue weighted by Gasteiger charge is -2.17. The highest BCUT2D eigenvalue weighted by Gasteiger charge is 2.23. The molecule has 0 heterocycles. The summed E-state index contributed by atoms with van der Waals surface area (Å²) in [5.41, 5.74) is 0. The van der Waals surface area contributed by atoms with Crippen LogP contribution in [0.15, 0.2) is 0 Å². The minimum atomic E-state index is -1.26. The molecule has 2 N–H and O–H groups in total. The summed E-state index contributed by atoms with van der Waals surface area (Å²) in [7, 11) is 1.20. The molecule has 1 atom stereocenters. The van der Waals surface area contributed by atoms with Gasteiger partial charge in [-0.25, -0.2) is 9.59 Å². The fraction of sp³-hybridized carbons (Fsp3) is 0.600. The zero-order valence-electron chi connectivity index (χ0n) is 6.14. The molecule has 6 nitrogen and oxygen atoms in total. The zero-order chi connectivity index (χ0) is 9.02. The molecule has 0 radical (unpaired) electrons. The third-order valence-electron chi connectivity index (χ3n) is 1.31. The Bertz CT molecular complexity index is 168. The Morgan fingerprint density at radius 1 is 1.55 bits per heavy atom. The molecule has 0 saturated carbocycles. The fourth-order valence-corrected chi connectivity index (χ4v) is 0.400. The van der Waals surface area contributed by atoms with Crippen LogP contribution in [0.4, 0.5) is 4.79 Å². The second-order valence-corrected chi connectivity index (χ2v) is 1.98. The van der Waals surface area contributed by atoms with Gasteiger partial charge in [0.2, 0.25) is 0 Å². The van der Waals surface area contributed by atoms with Gasteiger partial charge in [-0.15, -0.1) is 0 Å². The molecule has 0 aromatic heterocycles. The lowest BCUT2D eigenvalue weighted by atomic mass is 10.3. The Hall–Kier alpha value is -1.30. The van der Waals surface area contributed by atoms with E-state index >= 15 is 0 Å². The zero-order valence-corrected chi connectivity index (χ0v) is 6.14. The van der Waals surface area contributed by atoms with Crippen molar-refractivity contribution in [3.8, 4) is 0 Å². The second-order valence-electron chi connectivity index (χ2n) is 1.98. The molecular weight excluding hydrogens is 154 g/mol. The minimum absolute atomic E-state index is 0.721. The highest BCUT2D eigenvalue weighted by Crippen LogP contribution is 1.97. The number of nitrogens with zero attached hydrogens (tertiary/aromatic N) is 1. The Labute approximate surface area is 62.9 Å². The summed E-state index contributed by atoms with van der Waals surface area (Å²) in [6, 6.07) is -1.00. The van der Waals surface area contributed by atoms with E-state index in [1.807, 2.05) is 0 Å². The smallest absolute Gasteiger partial charge is 0.407 e. The van der Waals surface area contributed by atoms with E-state index in [1.54, 1.807) is 0 Å². The number of likely N-dealkylation sites (N-methyl/N-ethyl adjacent to an activating group) is 1. The first-order chi connectivity index (χ1) is 5.00. The third kappa shape index (κ3) is 2.42. The van der Waals surface area contributed by atoms with E-state index in [1.165, 1.54) is 14.0 Å². The highest BCUT2D eigenvalue weighted by atomic mass is 17.1. The lowest BCUT2D eigenvalue weighted by Crippen LogP contribution is -2.40. The van der Waals surface area contributed by atoms with Crippen molar-refractivity contribution in [1.82, 2.24) is 4.90 Å². The van der Waals surface area contributed by atoms with E-state index in [0.717, 1.165) is 4.90 Å². The molecule has 0 unspecified atom stereocenters. The number of carboxylic acid groups (broad SMARTS) is 1. The molecule has 0 aromatic rings. The van der Waals surface area contributed by atoms with Gasteiger partial charge in [-0.3, -0.25) is 9.79 Å². The Kier molecular flexibility index (Phi) is 3.32. The van der Waals surface area contributed by atoms with Gasteiger partial charge in [-0.05, 0) is 6.92 Å². The SMILES string of the molecule is C[C@@H](C(=O)OO)N(C)C(=O)O. The van der Waals surface area contributed by atoms with Crippen molar-refractivity contribution in [3.05, 3.63) is 0 Å². The molecule has 0 rings (SSSR count). The average Bonchev–Trinajstić information content (AvgIpc) is 2.00. The van der Waals surface area contributed by atoms with Gasteiger partial charge in [0.25, 0.3) is 0 Å². The van der Waals surface area contributed by atoms with Crippen molar-refractivity contribution in [2.24, 2.45) is 0 Å². The first kappa shape index (κ1) is 9.70. The maximum absolute atomic E-state index is 10.5. The molecule has 0 fully saturated rings. The predicted molar refractivity (Wildman–Crippen MR) is 34.0 cm³/mol. The van der Waals surface area contributed by atoms with Crippen LogP contribution in [0.2, 0.25) is 0 Å². The van der Waals surface area contributed by atoms with Gasteiger partial charge in [0, 0.05) is 7.05 Å². The lowest BCUT2D eigenvalue weighted by molar-refractivity contribution is -0.238. The number of amides is 1. The van der Waals surface area contributed by atoms with Crippen molar-refractivity contribution in [3.63, 3.8) is 0 Å². The maximum atomic E-state index is 10.5. The summed E-state index contributed by atoms with van der Waals surface area (Å²) >= 11 is 0. The van der Waals surface area contributed by atoms with Crippen LogP contribution in [0.5, 0.6) is 0 Å². The number of carbonyl (C=O) groups excluding carboxylic acids is 1. The molecule has 0 aliphatic heterocycles.